The second-order valence-electron chi connectivity index (χ2n) is 5.15. The largest absolute Gasteiger partial charge is 0.336 e. The van der Waals surface area contributed by atoms with Gasteiger partial charge in [0.15, 0.2) is 5.65 Å². The molecule has 23 heavy (non-hydrogen) atoms. The molecular formula is C14H13N5O4. The molecule has 0 spiro atoms. The number of imidazole rings is 1. The maximum absolute atomic E-state index is 12.1. The van der Waals surface area contributed by atoms with E-state index in [1.807, 2.05) is 0 Å². The van der Waals surface area contributed by atoms with Gasteiger partial charge in [-0.2, -0.15) is 0 Å². The minimum atomic E-state index is -0.482. The molecule has 0 aliphatic carbocycles. The van der Waals surface area contributed by atoms with Gasteiger partial charge in [0.05, 0.1) is 4.92 Å². The fourth-order valence-corrected chi connectivity index (χ4v) is 2.48. The molecule has 0 radical (unpaired) electrons. The average molecular weight is 315 g/mol. The molecule has 2 heterocycles. The third-order valence-corrected chi connectivity index (χ3v) is 3.69. The Balaban J connectivity index is 2.15. The highest BCUT2D eigenvalue weighted by Crippen LogP contribution is 2.20. The molecular weight excluding hydrogens is 302 g/mol. The number of hydrogen-bond acceptors (Lipinski definition) is 5. The lowest BCUT2D eigenvalue weighted by molar-refractivity contribution is -0.385. The highest BCUT2D eigenvalue weighted by molar-refractivity contribution is 5.69. The molecule has 0 saturated carbocycles. The summed E-state index contributed by atoms with van der Waals surface area (Å²) in [4.78, 5) is 41.7. The molecule has 0 atom stereocenters. The van der Waals surface area contributed by atoms with Gasteiger partial charge in [-0.15, -0.1) is 0 Å². The van der Waals surface area contributed by atoms with Crippen molar-refractivity contribution in [3.05, 3.63) is 66.6 Å². The molecule has 1 aromatic carbocycles. The van der Waals surface area contributed by atoms with E-state index in [-0.39, 0.29) is 23.3 Å². The van der Waals surface area contributed by atoms with Crippen LogP contribution >= 0.6 is 0 Å². The number of rotatable bonds is 3. The predicted octanol–water partition coefficient (Wildman–Crippen LogP) is 0.459. The van der Waals surface area contributed by atoms with Crippen LogP contribution in [0.2, 0.25) is 0 Å². The summed E-state index contributed by atoms with van der Waals surface area (Å²) in [6, 6.07) is 6.31. The number of fused-ring (bicyclic) bond motifs is 1. The van der Waals surface area contributed by atoms with E-state index in [9.17, 15) is 19.7 Å². The van der Waals surface area contributed by atoms with Crippen LogP contribution in [-0.2, 0) is 20.5 Å². The van der Waals surface area contributed by atoms with Gasteiger partial charge in [0.2, 0.25) is 0 Å². The van der Waals surface area contributed by atoms with Gasteiger partial charge in [0.1, 0.15) is 11.3 Å². The number of nitro groups is 1. The van der Waals surface area contributed by atoms with Crippen molar-refractivity contribution in [2.24, 2.45) is 14.1 Å². The minimum absolute atomic E-state index is 0.0188. The predicted molar refractivity (Wildman–Crippen MR) is 82.5 cm³/mol. The number of nitrogens with one attached hydrogen (secondary N) is 1. The molecule has 3 rings (SSSR count). The average Bonchev–Trinajstić information content (AvgIpc) is 2.95. The van der Waals surface area contributed by atoms with E-state index in [1.54, 1.807) is 18.2 Å². The number of H-pyrrole nitrogens is 1. The van der Waals surface area contributed by atoms with Crippen LogP contribution in [0.4, 0.5) is 5.69 Å². The number of para-hydroxylation sites is 1. The topological polar surface area (TPSA) is 116 Å². The van der Waals surface area contributed by atoms with E-state index in [4.69, 9.17) is 0 Å². The van der Waals surface area contributed by atoms with E-state index in [1.165, 1.54) is 24.7 Å². The van der Waals surface area contributed by atoms with E-state index in [2.05, 4.69) is 9.97 Å². The molecule has 0 bridgehead atoms. The van der Waals surface area contributed by atoms with Crippen LogP contribution in [-0.4, -0.2) is 24.0 Å². The first-order valence-electron chi connectivity index (χ1n) is 6.77. The lowest BCUT2D eigenvalue weighted by atomic mass is 10.1. The fraction of sp³-hybridized carbons (Fsp3) is 0.214. The number of nitro benzene ring substituents is 1. The van der Waals surface area contributed by atoms with Gasteiger partial charge in [-0.05, 0) is 0 Å². The van der Waals surface area contributed by atoms with Crippen molar-refractivity contribution in [3.8, 4) is 0 Å². The first kappa shape index (κ1) is 14.7. The van der Waals surface area contributed by atoms with Crippen molar-refractivity contribution in [3.63, 3.8) is 0 Å². The second-order valence-corrected chi connectivity index (χ2v) is 5.15. The first-order valence-corrected chi connectivity index (χ1v) is 6.77. The van der Waals surface area contributed by atoms with Gasteiger partial charge in [0, 0.05) is 32.1 Å². The summed E-state index contributed by atoms with van der Waals surface area (Å²) in [5.74, 6) is 0.382. The number of hydrogen-bond donors (Lipinski definition) is 1. The molecule has 1 N–H and O–H groups in total. The molecule has 9 nitrogen and oxygen atoms in total. The van der Waals surface area contributed by atoms with Gasteiger partial charge in [-0.25, -0.2) is 9.78 Å². The molecule has 0 aliphatic rings. The Hall–Kier alpha value is -3.23. The summed E-state index contributed by atoms with van der Waals surface area (Å²) >= 11 is 0. The lowest BCUT2D eigenvalue weighted by Crippen LogP contribution is -2.36. The van der Waals surface area contributed by atoms with Crippen molar-refractivity contribution in [1.29, 1.82) is 0 Å². The number of nitrogens with zero attached hydrogens (tertiary/aromatic N) is 4. The third kappa shape index (κ3) is 2.31. The summed E-state index contributed by atoms with van der Waals surface area (Å²) in [7, 11) is 2.90. The molecule has 0 fully saturated rings. The summed E-state index contributed by atoms with van der Waals surface area (Å²) < 4.78 is 2.24. The van der Waals surface area contributed by atoms with Crippen molar-refractivity contribution in [1.82, 2.24) is 19.1 Å². The maximum atomic E-state index is 12.1. The highest BCUT2D eigenvalue weighted by atomic mass is 16.6. The molecule has 9 heteroatoms. The van der Waals surface area contributed by atoms with Crippen LogP contribution in [0.15, 0.2) is 33.9 Å². The van der Waals surface area contributed by atoms with Crippen molar-refractivity contribution < 1.29 is 4.92 Å². The third-order valence-electron chi connectivity index (χ3n) is 3.69. The minimum Gasteiger partial charge on any atom is -0.336 e. The van der Waals surface area contributed by atoms with Gasteiger partial charge in [-0.1, -0.05) is 18.2 Å². The van der Waals surface area contributed by atoms with E-state index in [0.29, 0.717) is 11.4 Å². The molecule has 0 aliphatic heterocycles. The zero-order valence-corrected chi connectivity index (χ0v) is 12.4. The summed E-state index contributed by atoms with van der Waals surface area (Å²) in [6.07, 6.45) is 0.156. The van der Waals surface area contributed by atoms with Gasteiger partial charge >= 0.3 is 5.69 Å². The molecule has 0 unspecified atom stereocenters. The summed E-state index contributed by atoms with van der Waals surface area (Å²) in [5.41, 5.74) is -0.0846. The van der Waals surface area contributed by atoms with Gasteiger partial charge in [-0.3, -0.25) is 24.0 Å². The monoisotopic (exact) mass is 315 g/mol. The Bertz CT molecular complexity index is 1040. The van der Waals surface area contributed by atoms with Crippen molar-refractivity contribution in [2.45, 2.75) is 6.42 Å². The number of aryl methyl sites for hydroxylation is 1. The van der Waals surface area contributed by atoms with Crippen molar-refractivity contribution >= 4 is 16.9 Å². The first-order chi connectivity index (χ1) is 10.9. The van der Waals surface area contributed by atoms with E-state index >= 15 is 0 Å². The number of aromatic nitrogens is 4. The summed E-state index contributed by atoms with van der Waals surface area (Å²) in [5, 5.41) is 11.1. The molecule has 118 valence electrons. The van der Waals surface area contributed by atoms with Crippen LogP contribution < -0.4 is 11.2 Å². The van der Waals surface area contributed by atoms with Crippen molar-refractivity contribution in [2.75, 3.05) is 0 Å². The standard InChI is InChI=1S/C14H13N5O4/c1-17-12-11(13(20)18(2)14(17)21)15-10(16-12)7-8-5-3-4-6-9(8)19(22)23/h3-6H,7H2,1-2H3,(H,15,16). The van der Waals surface area contributed by atoms with Crippen LogP contribution in [0.1, 0.15) is 11.4 Å². The van der Waals surface area contributed by atoms with Gasteiger partial charge in [0.25, 0.3) is 11.2 Å². The lowest BCUT2D eigenvalue weighted by Gasteiger charge is -2.00. The Morgan fingerprint density at radius 2 is 1.91 bits per heavy atom. The quantitative estimate of drug-likeness (QED) is 0.557. The zero-order valence-electron chi connectivity index (χ0n) is 12.4. The smallest absolute Gasteiger partial charge is 0.332 e. The number of benzene rings is 1. The Morgan fingerprint density at radius 3 is 2.61 bits per heavy atom. The van der Waals surface area contributed by atoms with Crippen LogP contribution in [0.25, 0.3) is 11.2 Å². The Labute approximate surface area is 129 Å². The van der Waals surface area contributed by atoms with Crippen LogP contribution in [0, 0.1) is 10.1 Å². The SMILES string of the molecule is Cn1c(=O)c2[nH]c(Cc3ccccc3[N+](=O)[O-])nc2n(C)c1=O. The van der Waals surface area contributed by atoms with E-state index in [0.717, 1.165) is 4.57 Å². The number of aromatic amines is 1. The van der Waals surface area contributed by atoms with Gasteiger partial charge < -0.3 is 4.98 Å². The molecule has 0 amide bonds. The maximum Gasteiger partial charge on any atom is 0.332 e. The van der Waals surface area contributed by atoms with Crippen LogP contribution in [0.3, 0.4) is 0 Å². The summed E-state index contributed by atoms with van der Waals surface area (Å²) in [6.45, 7) is 0. The molecule has 2 aromatic heterocycles. The second kappa shape index (κ2) is 5.20. The Morgan fingerprint density at radius 1 is 1.22 bits per heavy atom. The zero-order chi connectivity index (χ0) is 16.7. The normalized spacial score (nSPS) is 11.0. The van der Waals surface area contributed by atoms with E-state index < -0.39 is 16.2 Å². The molecule has 3 aromatic rings. The Kier molecular flexibility index (Phi) is 3.32. The molecule has 0 saturated heterocycles. The van der Waals surface area contributed by atoms with Crippen LogP contribution in [0.5, 0.6) is 0 Å². The fourth-order valence-electron chi connectivity index (χ4n) is 2.48. The highest BCUT2D eigenvalue weighted by Gasteiger charge is 2.17.